The van der Waals surface area contributed by atoms with E-state index < -0.39 is 0 Å². The van der Waals surface area contributed by atoms with Gasteiger partial charge in [0.15, 0.2) is 0 Å². The van der Waals surface area contributed by atoms with E-state index in [2.05, 4.69) is 30.4 Å². The molecule has 0 aliphatic carbocycles. The molecule has 3 aromatic heterocycles. The van der Waals surface area contributed by atoms with Crippen molar-refractivity contribution in [2.75, 3.05) is 5.32 Å². The van der Waals surface area contributed by atoms with Gasteiger partial charge in [-0.2, -0.15) is 20.1 Å². The molecule has 0 saturated heterocycles. The average molecular weight is 291 g/mol. The molecule has 0 fully saturated rings. The average Bonchev–Trinajstić information content (AvgIpc) is 3.07. The van der Waals surface area contributed by atoms with Gasteiger partial charge in [0.2, 0.25) is 17.2 Å². The maximum Gasteiger partial charge on any atom is 0.241 e. The van der Waals surface area contributed by atoms with Crippen LogP contribution in [-0.2, 0) is 13.6 Å². The Kier molecular flexibility index (Phi) is 3.30. The number of hydrogen-bond acceptors (Lipinski definition) is 6. The van der Waals surface area contributed by atoms with E-state index in [-0.39, 0.29) is 5.28 Å². The van der Waals surface area contributed by atoms with E-state index in [4.69, 9.17) is 11.6 Å². The van der Waals surface area contributed by atoms with Crippen molar-refractivity contribution in [1.82, 2.24) is 34.3 Å². The second-order valence-electron chi connectivity index (χ2n) is 4.03. The van der Waals surface area contributed by atoms with Crippen molar-refractivity contribution >= 4 is 17.5 Å². The predicted molar refractivity (Wildman–Crippen MR) is 72.5 cm³/mol. The van der Waals surface area contributed by atoms with E-state index >= 15 is 0 Å². The number of rotatable bonds is 4. The molecule has 3 heterocycles. The van der Waals surface area contributed by atoms with E-state index in [1.54, 1.807) is 28.0 Å². The van der Waals surface area contributed by atoms with Gasteiger partial charge in [-0.15, -0.1) is 0 Å². The van der Waals surface area contributed by atoms with Gasteiger partial charge >= 0.3 is 0 Å². The molecule has 0 aliphatic heterocycles. The number of imidazole rings is 1. The minimum absolute atomic E-state index is 0.118. The second kappa shape index (κ2) is 5.25. The highest BCUT2D eigenvalue weighted by atomic mass is 35.5. The summed E-state index contributed by atoms with van der Waals surface area (Å²) in [5, 5.41) is 7.43. The first-order chi connectivity index (χ1) is 9.70. The van der Waals surface area contributed by atoms with Crippen LogP contribution in [0.25, 0.3) is 5.95 Å². The van der Waals surface area contributed by atoms with Crippen LogP contribution in [0.1, 0.15) is 5.69 Å². The van der Waals surface area contributed by atoms with Crippen LogP contribution in [0.4, 0.5) is 5.95 Å². The van der Waals surface area contributed by atoms with Crippen molar-refractivity contribution in [2.24, 2.45) is 7.05 Å². The first-order valence-corrected chi connectivity index (χ1v) is 6.21. The van der Waals surface area contributed by atoms with Gasteiger partial charge in [-0.05, 0) is 17.7 Å². The van der Waals surface area contributed by atoms with Crippen LogP contribution in [0.2, 0.25) is 5.28 Å². The van der Waals surface area contributed by atoms with Crippen LogP contribution in [0.3, 0.4) is 0 Å². The summed E-state index contributed by atoms with van der Waals surface area (Å²) in [6.45, 7) is 0.505. The van der Waals surface area contributed by atoms with Gasteiger partial charge in [-0.1, -0.05) is 0 Å². The van der Waals surface area contributed by atoms with Crippen molar-refractivity contribution in [3.05, 3.63) is 42.0 Å². The third kappa shape index (κ3) is 2.75. The zero-order chi connectivity index (χ0) is 13.9. The van der Waals surface area contributed by atoms with E-state index in [9.17, 15) is 0 Å². The summed E-state index contributed by atoms with van der Waals surface area (Å²) in [4.78, 5) is 16.3. The number of nitrogens with zero attached hydrogens (tertiary/aromatic N) is 7. The topological polar surface area (TPSA) is 86.3 Å². The molecule has 0 aromatic carbocycles. The largest absolute Gasteiger partial charge is 0.348 e. The van der Waals surface area contributed by atoms with Gasteiger partial charge in [0.25, 0.3) is 0 Å². The molecule has 3 rings (SSSR count). The van der Waals surface area contributed by atoms with Crippen molar-refractivity contribution in [3.63, 3.8) is 0 Å². The van der Waals surface area contributed by atoms with Crippen LogP contribution in [-0.4, -0.2) is 34.3 Å². The summed E-state index contributed by atoms with van der Waals surface area (Å²) in [5.41, 5.74) is 0.883. The minimum Gasteiger partial charge on any atom is -0.348 e. The van der Waals surface area contributed by atoms with Crippen LogP contribution >= 0.6 is 11.6 Å². The highest BCUT2D eigenvalue weighted by Gasteiger charge is 2.07. The highest BCUT2D eigenvalue weighted by Crippen LogP contribution is 2.10. The summed E-state index contributed by atoms with van der Waals surface area (Å²) in [7, 11) is 1.86. The minimum atomic E-state index is 0.118. The van der Waals surface area contributed by atoms with Crippen LogP contribution < -0.4 is 5.32 Å². The maximum atomic E-state index is 5.90. The first kappa shape index (κ1) is 12.5. The van der Waals surface area contributed by atoms with Gasteiger partial charge in [-0.25, -0.2) is 4.98 Å². The zero-order valence-corrected chi connectivity index (χ0v) is 11.4. The van der Waals surface area contributed by atoms with Gasteiger partial charge < -0.3 is 5.32 Å². The van der Waals surface area contributed by atoms with Gasteiger partial charge in [-0.3, -0.25) is 9.25 Å². The van der Waals surface area contributed by atoms with Gasteiger partial charge in [0.05, 0.1) is 12.2 Å². The third-order valence-corrected chi connectivity index (χ3v) is 2.70. The Bertz CT molecular complexity index is 705. The molecule has 0 atom stereocenters. The lowest BCUT2D eigenvalue weighted by atomic mass is 10.4. The number of aryl methyl sites for hydroxylation is 1. The molecule has 0 radical (unpaired) electrons. The molecule has 20 heavy (non-hydrogen) atoms. The van der Waals surface area contributed by atoms with Crippen LogP contribution in [0, 0.1) is 0 Å². The lowest BCUT2D eigenvalue weighted by Crippen LogP contribution is -2.09. The number of hydrogen-bond donors (Lipinski definition) is 1. The quantitative estimate of drug-likeness (QED) is 0.773. The molecule has 1 N–H and O–H groups in total. The van der Waals surface area contributed by atoms with E-state index in [0.29, 0.717) is 18.4 Å². The summed E-state index contributed by atoms with van der Waals surface area (Å²) in [6, 6.07) is 1.91. The fourth-order valence-electron chi connectivity index (χ4n) is 1.64. The molecule has 0 unspecified atom stereocenters. The molecule has 102 valence electrons. The number of aromatic nitrogens is 7. The Morgan fingerprint density at radius 3 is 2.85 bits per heavy atom. The molecular weight excluding hydrogens is 280 g/mol. The predicted octanol–water partition coefficient (Wildman–Crippen LogP) is 1.06. The Balaban J connectivity index is 1.79. The summed E-state index contributed by atoms with van der Waals surface area (Å²) >= 11 is 5.90. The van der Waals surface area contributed by atoms with Crippen molar-refractivity contribution in [1.29, 1.82) is 0 Å². The lowest BCUT2D eigenvalue weighted by molar-refractivity contribution is 0.746. The Morgan fingerprint density at radius 2 is 2.15 bits per heavy atom. The second-order valence-corrected chi connectivity index (χ2v) is 4.37. The molecule has 3 aromatic rings. The molecule has 8 nitrogen and oxygen atoms in total. The fourth-order valence-corrected chi connectivity index (χ4v) is 1.79. The Labute approximate surface area is 119 Å². The van der Waals surface area contributed by atoms with Crippen molar-refractivity contribution in [3.8, 4) is 5.95 Å². The number of halogens is 1. The monoisotopic (exact) mass is 290 g/mol. The van der Waals surface area contributed by atoms with Crippen LogP contribution in [0.5, 0.6) is 0 Å². The number of nitrogens with one attached hydrogen (secondary N) is 1. The first-order valence-electron chi connectivity index (χ1n) is 5.83. The molecule has 0 bridgehead atoms. The number of anilines is 1. The standard InChI is InChI=1S/C11H11ClN8/c1-19-4-2-8(18-19)6-14-10-15-9(12)16-11(17-10)20-5-3-13-7-20/h2-5,7H,6H2,1H3,(H,14,15,16,17). The summed E-state index contributed by atoms with van der Waals surface area (Å²) in [6.07, 6.45) is 6.83. The molecule has 0 aliphatic rings. The smallest absolute Gasteiger partial charge is 0.241 e. The van der Waals surface area contributed by atoms with Crippen molar-refractivity contribution in [2.45, 2.75) is 6.54 Å². The van der Waals surface area contributed by atoms with E-state index in [1.807, 2.05) is 19.3 Å². The zero-order valence-electron chi connectivity index (χ0n) is 10.6. The molecule has 0 spiro atoms. The maximum absolute atomic E-state index is 5.90. The molecular formula is C11H11ClN8. The normalized spacial score (nSPS) is 10.7. The Morgan fingerprint density at radius 1 is 1.25 bits per heavy atom. The SMILES string of the molecule is Cn1ccc(CNc2nc(Cl)nc(-n3ccnc3)n2)n1. The molecule has 9 heteroatoms. The fraction of sp³-hybridized carbons (Fsp3) is 0.182. The Hall–Kier alpha value is -2.48. The summed E-state index contributed by atoms with van der Waals surface area (Å²) in [5.74, 6) is 0.797. The molecule has 0 saturated carbocycles. The molecule has 0 amide bonds. The lowest BCUT2D eigenvalue weighted by Gasteiger charge is -2.05. The van der Waals surface area contributed by atoms with E-state index in [0.717, 1.165) is 5.69 Å². The van der Waals surface area contributed by atoms with Gasteiger partial charge in [0.1, 0.15) is 6.33 Å². The van der Waals surface area contributed by atoms with Crippen LogP contribution in [0.15, 0.2) is 31.0 Å². The van der Waals surface area contributed by atoms with E-state index in [1.165, 1.54) is 0 Å². The van der Waals surface area contributed by atoms with Crippen molar-refractivity contribution < 1.29 is 0 Å². The third-order valence-electron chi connectivity index (χ3n) is 2.53. The highest BCUT2D eigenvalue weighted by molar-refractivity contribution is 6.28. The van der Waals surface area contributed by atoms with Gasteiger partial charge in [0, 0.05) is 25.6 Å². The summed E-state index contributed by atoms with van der Waals surface area (Å²) < 4.78 is 3.38.